The topological polar surface area (TPSA) is 119 Å². The maximum Gasteiger partial charge on any atom is 0.268 e. The molecule has 222 valence electrons. The maximum atomic E-state index is 14.0. The lowest BCUT2D eigenvalue weighted by Crippen LogP contribution is -2.30. The molecule has 2 unspecified atom stereocenters. The highest BCUT2D eigenvalue weighted by Gasteiger charge is 2.20. The Morgan fingerprint density at radius 2 is 1.91 bits per heavy atom. The number of likely N-dealkylation sites (tertiary alicyclic amines) is 1. The molecule has 1 N–H and O–H groups in total. The maximum absolute atomic E-state index is 14.0. The standard InChI is InChI=1S/C31H28N8O2S3/c1-38-12-3-4-21(18-38)20-5-7-23(8-6-20)36-30-35-15-22-14-25(29(40)39(28(22)37-30)31-33-11-13-42-31)26-10-9-24(16-34-26)44(2,41)27-17-32-19-43-27/h5-11,13-17,19,21H,2-4,12,18H2,1H3,(H,35,36,37). The van der Waals surface area contributed by atoms with Crippen molar-refractivity contribution in [2.75, 3.05) is 25.5 Å². The highest BCUT2D eigenvalue weighted by Crippen LogP contribution is 2.29. The number of hydrogen-bond donors (Lipinski definition) is 1. The van der Waals surface area contributed by atoms with Crippen LogP contribution in [-0.2, 0) is 9.52 Å². The molecule has 1 aromatic carbocycles. The Bertz CT molecular complexity index is 2090. The van der Waals surface area contributed by atoms with Gasteiger partial charge >= 0.3 is 0 Å². The lowest BCUT2D eigenvalue weighted by atomic mass is 9.91. The van der Waals surface area contributed by atoms with Crippen LogP contribution in [0.15, 0.2) is 92.0 Å². The van der Waals surface area contributed by atoms with E-state index in [0.29, 0.717) is 48.4 Å². The number of benzene rings is 1. The summed E-state index contributed by atoms with van der Waals surface area (Å²) in [4.78, 5) is 39.0. The fraction of sp³-hybridized carbons (Fsp3) is 0.194. The first-order valence-corrected chi connectivity index (χ1v) is 17.5. The second-order valence-electron chi connectivity index (χ2n) is 10.7. The molecule has 1 aliphatic rings. The van der Waals surface area contributed by atoms with Crippen molar-refractivity contribution in [2.24, 2.45) is 0 Å². The van der Waals surface area contributed by atoms with Gasteiger partial charge in [-0.15, -0.1) is 22.7 Å². The Morgan fingerprint density at radius 3 is 2.61 bits per heavy atom. The number of nitrogens with one attached hydrogen (secondary N) is 1. The first-order chi connectivity index (χ1) is 21.4. The van der Waals surface area contributed by atoms with Gasteiger partial charge in [0.25, 0.3) is 5.56 Å². The summed E-state index contributed by atoms with van der Waals surface area (Å²) in [6, 6.07) is 13.5. The van der Waals surface area contributed by atoms with Crippen molar-refractivity contribution in [3.63, 3.8) is 0 Å². The summed E-state index contributed by atoms with van der Waals surface area (Å²) in [5, 5.41) is 6.23. The van der Waals surface area contributed by atoms with Crippen LogP contribution in [0.1, 0.15) is 24.3 Å². The first kappa shape index (κ1) is 28.5. The highest BCUT2D eigenvalue weighted by molar-refractivity contribution is 8.02. The molecular weight excluding hydrogens is 613 g/mol. The third-order valence-electron chi connectivity index (χ3n) is 7.74. The van der Waals surface area contributed by atoms with Gasteiger partial charge in [-0.25, -0.2) is 14.5 Å². The van der Waals surface area contributed by atoms with Gasteiger partial charge in [-0.05, 0) is 74.1 Å². The summed E-state index contributed by atoms with van der Waals surface area (Å²) < 4.78 is 15.4. The summed E-state index contributed by atoms with van der Waals surface area (Å²) in [5.41, 5.74) is 4.69. The molecule has 1 aliphatic heterocycles. The van der Waals surface area contributed by atoms with E-state index in [2.05, 4.69) is 55.2 Å². The minimum Gasteiger partial charge on any atom is -0.324 e. The van der Waals surface area contributed by atoms with E-state index >= 15 is 0 Å². The molecule has 10 nitrogen and oxygen atoms in total. The Morgan fingerprint density at radius 1 is 1.05 bits per heavy atom. The molecule has 1 fully saturated rings. The highest BCUT2D eigenvalue weighted by atomic mass is 32.2. The molecule has 7 rings (SSSR count). The number of hydrogen-bond acceptors (Lipinski definition) is 11. The Balaban J connectivity index is 1.23. The number of anilines is 2. The average Bonchev–Trinajstić information content (AvgIpc) is 3.77. The average molecular weight is 641 g/mol. The van der Waals surface area contributed by atoms with Crippen LogP contribution < -0.4 is 10.9 Å². The number of fused-ring (bicyclic) bond motifs is 1. The van der Waals surface area contributed by atoms with Gasteiger partial charge in [-0.1, -0.05) is 12.1 Å². The molecule has 1 saturated heterocycles. The van der Waals surface area contributed by atoms with Crippen molar-refractivity contribution in [2.45, 2.75) is 27.9 Å². The molecule has 44 heavy (non-hydrogen) atoms. The van der Waals surface area contributed by atoms with E-state index in [1.54, 1.807) is 42.3 Å². The van der Waals surface area contributed by atoms with Crippen molar-refractivity contribution in [1.82, 2.24) is 34.4 Å². The van der Waals surface area contributed by atoms with E-state index in [-0.39, 0.29) is 5.56 Å². The third kappa shape index (κ3) is 5.43. The van der Waals surface area contributed by atoms with Crippen LogP contribution in [0.4, 0.5) is 11.6 Å². The van der Waals surface area contributed by atoms with Crippen molar-refractivity contribution >= 4 is 60.7 Å². The molecule has 0 spiro atoms. The molecule has 0 bridgehead atoms. The Labute approximate surface area is 262 Å². The smallest absolute Gasteiger partial charge is 0.268 e. The number of likely N-dealkylation sites (N-methyl/N-ethyl adjacent to an activating group) is 1. The second kappa shape index (κ2) is 11.7. The molecule has 13 heteroatoms. The fourth-order valence-electron chi connectivity index (χ4n) is 5.47. The quantitative estimate of drug-likeness (QED) is 0.228. The molecule has 0 saturated carbocycles. The summed E-state index contributed by atoms with van der Waals surface area (Å²) in [5.74, 6) is 4.83. The predicted molar refractivity (Wildman–Crippen MR) is 177 cm³/mol. The Hall–Kier alpha value is -4.30. The zero-order valence-corrected chi connectivity index (χ0v) is 26.2. The van der Waals surface area contributed by atoms with Crippen LogP contribution in [0, 0.1) is 0 Å². The molecule has 6 aromatic rings. The summed E-state index contributed by atoms with van der Waals surface area (Å²) in [7, 11) is -0.578. The fourth-order valence-corrected chi connectivity index (χ4v) is 8.47. The lowest BCUT2D eigenvalue weighted by Gasteiger charge is -2.30. The predicted octanol–water partition coefficient (Wildman–Crippen LogP) is 5.44. The SMILES string of the molecule is C=S(=O)(c1ccc(-c2cc3cnc(Nc4ccc(C5CCCN(C)C5)cc4)nc3n(-c3nccs3)c2=O)nc1)c1cncs1. The van der Waals surface area contributed by atoms with Gasteiger partial charge in [0.1, 0.15) is 4.21 Å². The number of thiazole rings is 2. The van der Waals surface area contributed by atoms with Gasteiger partial charge in [0.05, 0.1) is 27.9 Å². The molecule has 0 aliphatic carbocycles. The van der Waals surface area contributed by atoms with E-state index in [0.717, 1.165) is 18.8 Å². The van der Waals surface area contributed by atoms with Crippen LogP contribution in [0.3, 0.4) is 0 Å². The van der Waals surface area contributed by atoms with Gasteiger partial charge in [-0.2, -0.15) is 4.98 Å². The summed E-state index contributed by atoms with van der Waals surface area (Å²) in [6.45, 7) is 2.22. The largest absolute Gasteiger partial charge is 0.324 e. The van der Waals surface area contributed by atoms with Crippen molar-refractivity contribution in [3.8, 4) is 16.4 Å². The van der Waals surface area contributed by atoms with Gasteiger partial charge in [0.2, 0.25) is 5.95 Å². The molecule has 2 atom stereocenters. The minimum atomic E-state index is -2.75. The number of piperidine rings is 1. The lowest BCUT2D eigenvalue weighted by molar-refractivity contribution is 0.251. The molecular formula is C31H28N8O2S3. The summed E-state index contributed by atoms with van der Waals surface area (Å²) >= 11 is 2.62. The van der Waals surface area contributed by atoms with Crippen molar-refractivity contribution in [3.05, 3.63) is 94.1 Å². The van der Waals surface area contributed by atoms with Gasteiger partial charge < -0.3 is 10.2 Å². The van der Waals surface area contributed by atoms with Gasteiger partial charge in [-0.3, -0.25) is 19.0 Å². The first-order valence-electron chi connectivity index (χ1n) is 14.0. The second-order valence-corrected chi connectivity index (χ2v) is 15.0. The van der Waals surface area contributed by atoms with E-state index in [1.165, 1.54) is 51.8 Å². The van der Waals surface area contributed by atoms with E-state index < -0.39 is 9.52 Å². The molecule has 6 heterocycles. The number of aromatic nitrogens is 6. The Kier molecular flexibility index (Phi) is 7.54. The minimum absolute atomic E-state index is 0.322. The normalized spacial score (nSPS) is 17.0. The molecule has 5 aromatic heterocycles. The number of pyridine rings is 2. The van der Waals surface area contributed by atoms with Crippen LogP contribution in [-0.4, -0.2) is 64.6 Å². The van der Waals surface area contributed by atoms with Crippen LogP contribution in [0.5, 0.6) is 0 Å². The molecule has 0 amide bonds. The monoisotopic (exact) mass is 640 g/mol. The van der Waals surface area contributed by atoms with Crippen molar-refractivity contribution < 1.29 is 4.21 Å². The number of nitrogens with zero attached hydrogens (tertiary/aromatic N) is 7. The van der Waals surface area contributed by atoms with Crippen molar-refractivity contribution in [1.29, 1.82) is 0 Å². The van der Waals surface area contributed by atoms with Crippen LogP contribution in [0.2, 0.25) is 0 Å². The van der Waals surface area contributed by atoms with E-state index in [1.807, 2.05) is 17.5 Å². The van der Waals surface area contributed by atoms with Gasteiger partial charge in [0, 0.05) is 51.1 Å². The third-order valence-corrected chi connectivity index (χ3v) is 11.9. The summed E-state index contributed by atoms with van der Waals surface area (Å²) in [6.07, 6.45) is 8.80. The van der Waals surface area contributed by atoms with E-state index in [9.17, 15) is 9.00 Å². The molecule has 0 radical (unpaired) electrons. The zero-order valence-electron chi connectivity index (χ0n) is 23.8. The van der Waals surface area contributed by atoms with E-state index in [4.69, 9.17) is 4.98 Å². The number of rotatable bonds is 7. The zero-order chi connectivity index (χ0) is 30.3. The van der Waals surface area contributed by atoms with Crippen LogP contribution in [0.25, 0.3) is 27.4 Å². The van der Waals surface area contributed by atoms with Gasteiger partial charge in [0.15, 0.2) is 10.8 Å². The van der Waals surface area contributed by atoms with Crippen LogP contribution >= 0.6 is 22.7 Å².